The molecule has 0 aromatic rings. The molecule has 0 amide bonds. The fraction of sp³-hybridized carbons (Fsp3) is 0.500. The Kier molecular flexibility index (Phi) is 7.02. The summed E-state index contributed by atoms with van der Waals surface area (Å²) in [7, 11) is 0. The van der Waals surface area contributed by atoms with E-state index in [2.05, 4.69) is 4.74 Å². The number of carbonyl (C=O) groups excluding carboxylic acids is 2. The molecule has 0 rings (SSSR count). The third-order valence-electron chi connectivity index (χ3n) is 0.287. The minimum atomic E-state index is -0.562. The van der Waals surface area contributed by atoms with Gasteiger partial charge in [-0.1, -0.05) is 0 Å². The maximum Gasteiger partial charge on any atom is 0.310 e. The summed E-state index contributed by atoms with van der Waals surface area (Å²) in [6.45, 7) is 2.36. The van der Waals surface area contributed by atoms with Gasteiger partial charge in [0.1, 0.15) is 0 Å². The number of hydrogen-bond acceptors (Lipinski definition) is 3. The molecule has 0 N–H and O–H groups in total. The summed E-state index contributed by atoms with van der Waals surface area (Å²) in [5.74, 6) is -1.12. The predicted octanol–water partition coefficient (Wildman–Crippen LogP) is -0.285. The average Bonchev–Trinajstić information content (AvgIpc) is 1.27. The molecular formula is C4H6InO3. The van der Waals surface area contributed by atoms with E-state index in [0.29, 0.717) is 0 Å². The molecule has 0 aliphatic carbocycles. The fourth-order valence-electron chi connectivity index (χ4n) is 0.202. The third-order valence-corrected chi connectivity index (χ3v) is 0.287. The standard InChI is InChI=1S/C4H6O3.In/c1-3(5)7-4(2)6;/h1-2H3;. The fourth-order valence-corrected chi connectivity index (χ4v) is 0.202. The number of ether oxygens (including phenoxy) is 1. The van der Waals surface area contributed by atoms with Crippen LogP contribution >= 0.6 is 0 Å². The molecule has 0 saturated heterocycles. The van der Waals surface area contributed by atoms with Gasteiger partial charge in [-0.25, -0.2) is 0 Å². The maximum atomic E-state index is 9.81. The second kappa shape index (κ2) is 5.15. The van der Waals surface area contributed by atoms with E-state index < -0.39 is 11.9 Å². The summed E-state index contributed by atoms with van der Waals surface area (Å²) >= 11 is 0. The molecule has 0 unspecified atom stereocenters. The monoisotopic (exact) mass is 217 g/mol. The van der Waals surface area contributed by atoms with E-state index in [9.17, 15) is 9.59 Å². The summed E-state index contributed by atoms with van der Waals surface area (Å²) in [6.07, 6.45) is 0. The SMILES string of the molecule is CC(=O)OC(C)=O.[In]. The molecule has 0 aromatic heterocycles. The Morgan fingerprint density at radius 3 is 1.38 bits per heavy atom. The summed E-state index contributed by atoms with van der Waals surface area (Å²) in [6, 6.07) is 0. The van der Waals surface area contributed by atoms with Crippen molar-refractivity contribution in [1.82, 2.24) is 0 Å². The van der Waals surface area contributed by atoms with Gasteiger partial charge in [0.05, 0.1) is 0 Å². The molecule has 0 bridgehead atoms. The van der Waals surface area contributed by atoms with Crippen LogP contribution in [-0.2, 0) is 14.3 Å². The van der Waals surface area contributed by atoms with Crippen LogP contribution in [0, 0.1) is 0 Å². The molecule has 3 radical (unpaired) electrons. The smallest absolute Gasteiger partial charge is 0.310 e. The second-order valence-corrected chi connectivity index (χ2v) is 1.09. The summed E-state index contributed by atoms with van der Waals surface area (Å²) in [5, 5.41) is 0. The van der Waals surface area contributed by atoms with Crippen molar-refractivity contribution >= 4 is 37.8 Å². The zero-order chi connectivity index (χ0) is 5.86. The van der Waals surface area contributed by atoms with Crippen molar-refractivity contribution in [3.8, 4) is 0 Å². The van der Waals surface area contributed by atoms with Crippen molar-refractivity contribution in [3.05, 3.63) is 0 Å². The van der Waals surface area contributed by atoms with Crippen LogP contribution < -0.4 is 0 Å². The zero-order valence-corrected chi connectivity index (χ0v) is 8.10. The van der Waals surface area contributed by atoms with Crippen LogP contribution in [0.25, 0.3) is 0 Å². The molecule has 0 aliphatic rings. The van der Waals surface area contributed by atoms with Crippen LogP contribution in [0.2, 0.25) is 0 Å². The van der Waals surface area contributed by atoms with Gasteiger partial charge < -0.3 is 4.74 Å². The van der Waals surface area contributed by atoms with E-state index in [0.717, 1.165) is 0 Å². The van der Waals surface area contributed by atoms with Gasteiger partial charge in [-0.2, -0.15) is 0 Å². The van der Waals surface area contributed by atoms with Gasteiger partial charge >= 0.3 is 11.9 Å². The molecule has 0 aliphatic heterocycles. The van der Waals surface area contributed by atoms with Gasteiger partial charge in [-0.05, 0) is 0 Å². The van der Waals surface area contributed by atoms with Gasteiger partial charge in [-0.3, -0.25) is 9.59 Å². The molecule has 4 heteroatoms. The van der Waals surface area contributed by atoms with Crippen LogP contribution in [0.4, 0.5) is 0 Å². The number of rotatable bonds is 0. The Labute approximate surface area is 66.2 Å². The minimum Gasteiger partial charge on any atom is -0.394 e. The van der Waals surface area contributed by atoms with E-state index in [1.807, 2.05) is 0 Å². The first-order valence-corrected chi connectivity index (χ1v) is 1.82. The summed E-state index contributed by atoms with van der Waals surface area (Å²) < 4.78 is 3.97. The van der Waals surface area contributed by atoms with Crippen LogP contribution in [0.15, 0.2) is 0 Å². The van der Waals surface area contributed by atoms with Crippen molar-refractivity contribution in [3.63, 3.8) is 0 Å². The van der Waals surface area contributed by atoms with Crippen LogP contribution in [0.5, 0.6) is 0 Å². The van der Waals surface area contributed by atoms with Gasteiger partial charge in [0.15, 0.2) is 0 Å². The summed E-state index contributed by atoms with van der Waals surface area (Å²) in [4.78, 5) is 19.6. The largest absolute Gasteiger partial charge is 0.394 e. The Hall–Kier alpha value is 0.0101. The number of carbonyl (C=O) groups is 2. The van der Waals surface area contributed by atoms with Gasteiger partial charge in [0.25, 0.3) is 0 Å². The average molecular weight is 217 g/mol. The maximum absolute atomic E-state index is 9.81. The minimum absolute atomic E-state index is 0. The second-order valence-electron chi connectivity index (χ2n) is 1.09. The van der Waals surface area contributed by atoms with Crippen molar-refractivity contribution in [2.45, 2.75) is 13.8 Å². The quantitative estimate of drug-likeness (QED) is 0.413. The van der Waals surface area contributed by atoms with Crippen molar-refractivity contribution in [2.75, 3.05) is 0 Å². The van der Waals surface area contributed by atoms with E-state index in [1.54, 1.807) is 0 Å². The molecule has 3 nitrogen and oxygen atoms in total. The van der Waals surface area contributed by atoms with E-state index in [-0.39, 0.29) is 25.8 Å². The van der Waals surface area contributed by atoms with E-state index in [4.69, 9.17) is 0 Å². The number of hydrogen-bond donors (Lipinski definition) is 0. The third kappa shape index (κ3) is 9.38. The van der Waals surface area contributed by atoms with Crippen molar-refractivity contribution in [1.29, 1.82) is 0 Å². The molecule has 0 spiro atoms. The molecule has 0 fully saturated rings. The van der Waals surface area contributed by atoms with Crippen LogP contribution in [0.3, 0.4) is 0 Å². The van der Waals surface area contributed by atoms with Gasteiger partial charge in [0.2, 0.25) is 0 Å². The number of esters is 2. The van der Waals surface area contributed by atoms with Crippen LogP contribution in [0.1, 0.15) is 13.8 Å². The van der Waals surface area contributed by atoms with Crippen molar-refractivity contribution in [2.24, 2.45) is 0 Å². The predicted molar refractivity (Wildman–Crippen MR) is 28.2 cm³/mol. The Morgan fingerprint density at radius 2 is 1.38 bits per heavy atom. The molecule has 0 heterocycles. The Bertz CT molecular complexity index is 87.5. The molecular weight excluding hydrogens is 211 g/mol. The zero-order valence-electron chi connectivity index (χ0n) is 4.80. The van der Waals surface area contributed by atoms with Crippen LogP contribution in [-0.4, -0.2) is 37.8 Å². The molecule has 0 atom stereocenters. The molecule has 0 aromatic carbocycles. The Balaban J connectivity index is 0. The Morgan fingerprint density at radius 1 is 1.12 bits per heavy atom. The molecule has 8 heavy (non-hydrogen) atoms. The molecule has 0 saturated carbocycles. The normalized spacial score (nSPS) is 6.75. The topological polar surface area (TPSA) is 43.4 Å². The van der Waals surface area contributed by atoms with Gasteiger partial charge in [-0.15, -0.1) is 0 Å². The van der Waals surface area contributed by atoms with E-state index >= 15 is 0 Å². The first-order chi connectivity index (χ1) is 3.13. The van der Waals surface area contributed by atoms with Gasteiger partial charge in [0, 0.05) is 39.7 Å². The molecule has 43 valence electrons. The summed E-state index contributed by atoms with van der Waals surface area (Å²) in [5.41, 5.74) is 0. The van der Waals surface area contributed by atoms with Crippen molar-refractivity contribution < 1.29 is 14.3 Å². The van der Waals surface area contributed by atoms with E-state index in [1.165, 1.54) is 13.8 Å². The first kappa shape index (κ1) is 10.9. The first-order valence-electron chi connectivity index (χ1n) is 1.82.